The second kappa shape index (κ2) is 5.35. The van der Waals surface area contributed by atoms with Crippen LogP contribution in [0.5, 0.6) is 0 Å². The number of nitrogens with zero attached hydrogens (tertiary/aromatic N) is 1. The highest BCUT2D eigenvalue weighted by Gasteiger charge is 2.21. The first-order chi connectivity index (χ1) is 6.25. The van der Waals surface area contributed by atoms with Crippen LogP contribution in [0.25, 0.3) is 0 Å². The molecule has 0 saturated carbocycles. The quantitative estimate of drug-likeness (QED) is 0.748. The van der Waals surface area contributed by atoms with Gasteiger partial charge < -0.3 is 10.2 Å². The minimum Gasteiger partial charge on any atom is -0.341 e. The predicted molar refractivity (Wildman–Crippen MR) is 60.3 cm³/mol. The van der Waals surface area contributed by atoms with Crippen molar-refractivity contribution in [2.24, 2.45) is 0 Å². The summed E-state index contributed by atoms with van der Waals surface area (Å²) in [4.78, 5) is 13.5. The highest BCUT2D eigenvalue weighted by Crippen LogP contribution is 2.11. The van der Waals surface area contributed by atoms with Crippen LogP contribution < -0.4 is 5.32 Å². The number of hydrogen-bond acceptors (Lipinski definition) is 2. The molecule has 0 aliphatic rings. The van der Waals surface area contributed by atoms with Gasteiger partial charge in [0.25, 0.3) is 0 Å². The van der Waals surface area contributed by atoms with Gasteiger partial charge in [0.05, 0.1) is 0 Å². The van der Waals surface area contributed by atoms with E-state index < -0.39 is 0 Å². The molecule has 0 atom stereocenters. The lowest BCUT2D eigenvalue weighted by molar-refractivity contribution is -0.133. The molecule has 14 heavy (non-hydrogen) atoms. The van der Waals surface area contributed by atoms with E-state index in [4.69, 9.17) is 0 Å². The number of nitrogens with one attached hydrogen (secondary N) is 1. The lowest BCUT2D eigenvalue weighted by Crippen LogP contribution is -2.43. The number of carbonyl (C=O) groups excluding carboxylic acids is 1. The molecule has 0 unspecified atom stereocenters. The summed E-state index contributed by atoms with van der Waals surface area (Å²) < 4.78 is 0. The van der Waals surface area contributed by atoms with Crippen LogP contribution in [-0.2, 0) is 4.79 Å². The van der Waals surface area contributed by atoms with Gasteiger partial charge in [-0.05, 0) is 20.8 Å². The maximum Gasteiger partial charge on any atom is 0.224 e. The van der Waals surface area contributed by atoms with Gasteiger partial charge in [-0.2, -0.15) is 0 Å². The Kier molecular flexibility index (Phi) is 5.13. The van der Waals surface area contributed by atoms with Crippen molar-refractivity contribution in [1.82, 2.24) is 10.2 Å². The van der Waals surface area contributed by atoms with Crippen molar-refractivity contribution in [3.8, 4) is 0 Å². The van der Waals surface area contributed by atoms with Crippen molar-refractivity contribution in [1.29, 1.82) is 0 Å². The van der Waals surface area contributed by atoms with Crippen molar-refractivity contribution in [3.63, 3.8) is 0 Å². The largest absolute Gasteiger partial charge is 0.341 e. The Hall–Kier alpha value is -0.570. The third-order valence-electron chi connectivity index (χ3n) is 2.27. The zero-order valence-corrected chi connectivity index (χ0v) is 10.3. The normalized spacial score (nSPS) is 11.9. The molecule has 0 radical (unpaired) electrons. The first kappa shape index (κ1) is 13.4. The molecule has 1 N–H and O–H groups in total. The standard InChI is InChI=1S/C11H24N2O/c1-9(2)12-8-7-10(14)13(6)11(3,4)5/h9,12H,7-8H2,1-6H3. The van der Waals surface area contributed by atoms with Crippen LogP contribution in [0, 0.1) is 0 Å². The summed E-state index contributed by atoms with van der Waals surface area (Å²) in [6.45, 7) is 11.1. The van der Waals surface area contributed by atoms with Gasteiger partial charge in [0.2, 0.25) is 5.91 Å². The SMILES string of the molecule is CC(C)NCCC(=O)N(C)C(C)(C)C. The van der Waals surface area contributed by atoms with Crippen LogP contribution in [0.2, 0.25) is 0 Å². The zero-order valence-electron chi connectivity index (χ0n) is 10.3. The molecule has 3 heteroatoms. The average molecular weight is 200 g/mol. The van der Waals surface area contributed by atoms with E-state index in [0.717, 1.165) is 6.54 Å². The second-order valence-electron chi connectivity index (χ2n) is 4.98. The van der Waals surface area contributed by atoms with Crippen LogP contribution in [-0.4, -0.2) is 36.0 Å². The van der Waals surface area contributed by atoms with Crippen molar-refractivity contribution in [2.45, 2.75) is 52.6 Å². The van der Waals surface area contributed by atoms with Crippen molar-refractivity contribution in [3.05, 3.63) is 0 Å². The van der Waals surface area contributed by atoms with Crippen LogP contribution >= 0.6 is 0 Å². The van der Waals surface area contributed by atoms with E-state index in [1.54, 1.807) is 4.90 Å². The minimum absolute atomic E-state index is 0.0745. The summed E-state index contributed by atoms with van der Waals surface area (Å²) in [7, 11) is 1.86. The van der Waals surface area contributed by atoms with E-state index in [1.807, 2.05) is 27.8 Å². The zero-order chi connectivity index (χ0) is 11.4. The molecule has 0 aliphatic carbocycles. The first-order valence-electron chi connectivity index (χ1n) is 5.25. The van der Waals surface area contributed by atoms with Gasteiger partial charge in [0.15, 0.2) is 0 Å². The minimum atomic E-state index is -0.0745. The summed E-state index contributed by atoms with van der Waals surface area (Å²) in [6, 6.07) is 0.447. The van der Waals surface area contributed by atoms with Gasteiger partial charge in [-0.25, -0.2) is 0 Å². The van der Waals surface area contributed by atoms with Crippen LogP contribution in [0.4, 0.5) is 0 Å². The fraction of sp³-hybridized carbons (Fsp3) is 0.909. The summed E-state index contributed by atoms with van der Waals surface area (Å²) in [5.74, 6) is 0.200. The maximum atomic E-state index is 11.7. The molecule has 0 saturated heterocycles. The predicted octanol–water partition coefficient (Wildman–Crippen LogP) is 1.63. The first-order valence-corrected chi connectivity index (χ1v) is 5.25. The Bertz CT molecular complexity index is 182. The Morgan fingerprint density at radius 2 is 1.86 bits per heavy atom. The van der Waals surface area contributed by atoms with Gasteiger partial charge in [0.1, 0.15) is 0 Å². The van der Waals surface area contributed by atoms with E-state index in [-0.39, 0.29) is 11.4 Å². The summed E-state index contributed by atoms with van der Waals surface area (Å²) >= 11 is 0. The monoisotopic (exact) mass is 200 g/mol. The lowest BCUT2D eigenvalue weighted by Gasteiger charge is -2.32. The van der Waals surface area contributed by atoms with Crippen LogP contribution in [0.15, 0.2) is 0 Å². The fourth-order valence-corrected chi connectivity index (χ4v) is 1.01. The van der Waals surface area contributed by atoms with Crippen molar-refractivity contribution in [2.75, 3.05) is 13.6 Å². The third kappa shape index (κ3) is 5.22. The second-order valence-corrected chi connectivity index (χ2v) is 4.98. The summed E-state index contributed by atoms with van der Waals surface area (Å²) in [5.41, 5.74) is -0.0745. The van der Waals surface area contributed by atoms with Crippen LogP contribution in [0.3, 0.4) is 0 Å². The topological polar surface area (TPSA) is 32.3 Å². The average Bonchev–Trinajstić information content (AvgIpc) is 2.00. The number of rotatable bonds is 4. The van der Waals surface area contributed by atoms with Gasteiger partial charge in [0, 0.05) is 31.6 Å². The molecule has 3 nitrogen and oxygen atoms in total. The third-order valence-corrected chi connectivity index (χ3v) is 2.27. The smallest absolute Gasteiger partial charge is 0.224 e. The van der Waals surface area contributed by atoms with Crippen molar-refractivity contribution < 1.29 is 4.79 Å². The number of amides is 1. The van der Waals surface area contributed by atoms with Crippen molar-refractivity contribution >= 4 is 5.91 Å². The molecular weight excluding hydrogens is 176 g/mol. The Morgan fingerprint density at radius 1 is 1.36 bits per heavy atom. The molecule has 0 aromatic heterocycles. The number of hydrogen-bond donors (Lipinski definition) is 1. The van der Waals surface area contributed by atoms with Gasteiger partial charge >= 0.3 is 0 Å². The Balaban J connectivity index is 3.86. The van der Waals surface area contributed by atoms with Crippen LogP contribution in [0.1, 0.15) is 41.0 Å². The van der Waals surface area contributed by atoms with E-state index in [9.17, 15) is 4.79 Å². The van der Waals surface area contributed by atoms with Gasteiger partial charge in [-0.3, -0.25) is 4.79 Å². The maximum absolute atomic E-state index is 11.7. The molecular formula is C11H24N2O. The molecule has 0 rings (SSSR count). The van der Waals surface area contributed by atoms with E-state index >= 15 is 0 Å². The molecule has 0 aromatic carbocycles. The molecule has 0 aliphatic heterocycles. The molecule has 0 heterocycles. The highest BCUT2D eigenvalue weighted by molar-refractivity contribution is 5.76. The van der Waals surface area contributed by atoms with E-state index in [1.165, 1.54) is 0 Å². The molecule has 0 bridgehead atoms. The highest BCUT2D eigenvalue weighted by atomic mass is 16.2. The fourth-order valence-electron chi connectivity index (χ4n) is 1.01. The Labute approximate surface area is 87.9 Å². The summed E-state index contributed by atoms with van der Waals surface area (Å²) in [6.07, 6.45) is 0.575. The molecule has 1 amide bonds. The summed E-state index contributed by atoms with van der Waals surface area (Å²) in [5, 5.41) is 3.24. The number of carbonyl (C=O) groups is 1. The van der Waals surface area contributed by atoms with Gasteiger partial charge in [-0.1, -0.05) is 13.8 Å². The van der Waals surface area contributed by atoms with E-state index in [0.29, 0.717) is 12.5 Å². The molecule has 0 aromatic rings. The van der Waals surface area contributed by atoms with Gasteiger partial charge in [-0.15, -0.1) is 0 Å². The molecule has 0 spiro atoms. The lowest BCUT2D eigenvalue weighted by atomic mass is 10.1. The van der Waals surface area contributed by atoms with E-state index in [2.05, 4.69) is 19.2 Å². The Morgan fingerprint density at radius 3 is 2.21 bits per heavy atom. The molecule has 0 fully saturated rings. The molecule has 84 valence electrons.